The number of carbonyl (C=O) groups excluding carboxylic acids is 2. The van der Waals surface area contributed by atoms with Gasteiger partial charge in [0, 0.05) is 51.2 Å². The lowest BCUT2D eigenvalue weighted by Gasteiger charge is -2.19. The molecule has 1 aromatic carbocycles. The summed E-state index contributed by atoms with van der Waals surface area (Å²) in [5.74, 6) is -0.174. The molecule has 1 aromatic heterocycles. The first-order valence-corrected chi connectivity index (χ1v) is 10.4. The van der Waals surface area contributed by atoms with Crippen LogP contribution in [0, 0.1) is 13.8 Å². The zero-order chi connectivity index (χ0) is 21.6. The summed E-state index contributed by atoms with van der Waals surface area (Å²) in [4.78, 5) is 36.2. The van der Waals surface area contributed by atoms with E-state index in [0.717, 1.165) is 28.2 Å². The van der Waals surface area contributed by atoms with Gasteiger partial charge in [-0.15, -0.1) is 0 Å². The Kier molecular flexibility index (Phi) is 8.01. The van der Waals surface area contributed by atoms with Gasteiger partial charge in [-0.25, -0.2) is 9.97 Å². The van der Waals surface area contributed by atoms with E-state index < -0.39 is 5.91 Å². The van der Waals surface area contributed by atoms with Crippen LogP contribution in [0.15, 0.2) is 29.4 Å². The van der Waals surface area contributed by atoms with Gasteiger partial charge in [0.25, 0.3) is 0 Å². The second kappa shape index (κ2) is 10.2. The van der Waals surface area contributed by atoms with Gasteiger partial charge in [0.05, 0.1) is 5.75 Å². The normalized spacial score (nSPS) is 10.7. The number of hydrogen-bond acceptors (Lipinski definition) is 6. The molecule has 0 saturated heterocycles. The summed E-state index contributed by atoms with van der Waals surface area (Å²) in [5.41, 5.74) is 10.0. The Balaban J connectivity index is 1.94. The quantitative estimate of drug-likeness (QED) is 0.499. The highest BCUT2D eigenvalue weighted by Gasteiger charge is 2.14. The molecular formula is C21H29N5O2S. The van der Waals surface area contributed by atoms with Crippen LogP contribution in [0.1, 0.15) is 28.9 Å². The lowest BCUT2D eigenvalue weighted by atomic mass is 10.1. The van der Waals surface area contributed by atoms with E-state index in [0.29, 0.717) is 24.5 Å². The van der Waals surface area contributed by atoms with Crippen LogP contribution in [0.3, 0.4) is 0 Å². The molecule has 1 heterocycles. The molecule has 0 bridgehead atoms. The van der Waals surface area contributed by atoms with Crippen LogP contribution in [-0.4, -0.2) is 53.6 Å². The molecule has 0 atom stereocenters. The van der Waals surface area contributed by atoms with E-state index in [9.17, 15) is 9.59 Å². The second-order valence-corrected chi connectivity index (χ2v) is 8.16. The zero-order valence-corrected chi connectivity index (χ0v) is 18.5. The summed E-state index contributed by atoms with van der Waals surface area (Å²) >= 11 is 1.22. The van der Waals surface area contributed by atoms with E-state index >= 15 is 0 Å². The van der Waals surface area contributed by atoms with Crippen molar-refractivity contribution in [1.29, 1.82) is 0 Å². The Morgan fingerprint density at radius 1 is 1.03 bits per heavy atom. The summed E-state index contributed by atoms with van der Waals surface area (Å²) < 4.78 is 0. The monoisotopic (exact) mass is 415 g/mol. The minimum absolute atomic E-state index is 0.0765. The Hall–Kier alpha value is -2.61. The average Bonchev–Trinajstić information content (AvgIpc) is 2.65. The van der Waals surface area contributed by atoms with Gasteiger partial charge >= 0.3 is 0 Å². The molecule has 0 unspecified atom stereocenters. The molecule has 0 saturated carbocycles. The molecular weight excluding hydrogens is 386 g/mol. The number of primary amides is 1. The van der Waals surface area contributed by atoms with Gasteiger partial charge in [-0.1, -0.05) is 23.9 Å². The third kappa shape index (κ3) is 6.74. The molecule has 0 fully saturated rings. The van der Waals surface area contributed by atoms with Crippen molar-refractivity contribution in [2.45, 2.75) is 38.4 Å². The van der Waals surface area contributed by atoms with Crippen molar-refractivity contribution in [2.75, 3.05) is 31.8 Å². The maximum Gasteiger partial charge on any atom is 0.227 e. The van der Waals surface area contributed by atoms with Crippen molar-refractivity contribution in [3.63, 3.8) is 0 Å². The van der Waals surface area contributed by atoms with Gasteiger partial charge < -0.3 is 15.5 Å². The third-order valence-corrected chi connectivity index (χ3v) is 5.50. The number of rotatable bonds is 9. The molecule has 0 aliphatic rings. The fourth-order valence-electron chi connectivity index (χ4n) is 2.96. The van der Waals surface area contributed by atoms with Crippen molar-refractivity contribution < 1.29 is 9.59 Å². The minimum atomic E-state index is -0.400. The lowest BCUT2D eigenvalue weighted by Crippen LogP contribution is -2.26. The number of nitrogens with two attached hydrogens (primary N) is 1. The molecule has 7 nitrogen and oxygen atoms in total. The standard InChI is InChI=1S/C21H29N5O2S/c1-14-18(15(2)24-21(23-14)29-13-19(22)27)10-11-20(28)26(5)12-16-6-8-17(9-7-16)25(3)4/h6-9H,10-13H2,1-5H3,(H2,22,27). The van der Waals surface area contributed by atoms with Gasteiger partial charge in [-0.2, -0.15) is 0 Å². The topological polar surface area (TPSA) is 92.4 Å². The Labute approximate surface area is 176 Å². The number of thioether (sulfide) groups is 1. The molecule has 0 spiro atoms. The molecule has 2 N–H and O–H groups in total. The number of benzene rings is 1. The average molecular weight is 416 g/mol. The molecule has 2 amide bonds. The number of hydrogen-bond donors (Lipinski definition) is 1. The smallest absolute Gasteiger partial charge is 0.227 e. The largest absolute Gasteiger partial charge is 0.378 e. The van der Waals surface area contributed by atoms with E-state index in [4.69, 9.17) is 5.73 Å². The zero-order valence-electron chi connectivity index (χ0n) is 17.7. The Morgan fingerprint density at radius 3 is 2.14 bits per heavy atom. The molecule has 8 heteroatoms. The van der Waals surface area contributed by atoms with Crippen molar-refractivity contribution in [2.24, 2.45) is 5.73 Å². The minimum Gasteiger partial charge on any atom is -0.378 e. The highest BCUT2D eigenvalue weighted by molar-refractivity contribution is 7.99. The predicted molar refractivity (Wildman–Crippen MR) is 117 cm³/mol. The first-order valence-electron chi connectivity index (χ1n) is 9.42. The number of aryl methyl sites for hydroxylation is 2. The van der Waals surface area contributed by atoms with Crippen LogP contribution in [0.2, 0.25) is 0 Å². The van der Waals surface area contributed by atoms with Gasteiger partial charge in [-0.3, -0.25) is 9.59 Å². The van der Waals surface area contributed by atoms with Crippen molar-refractivity contribution in [3.8, 4) is 0 Å². The van der Waals surface area contributed by atoms with Crippen LogP contribution in [-0.2, 0) is 22.6 Å². The van der Waals surface area contributed by atoms with Gasteiger partial charge in [0.1, 0.15) is 0 Å². The van der Waals surface area contributed by atoms with Gasteiger partial charge in [0.15, 0.2) is 5.16 Å². The maximum absolute atomic E-state index is 12.6. The fraction of sp³-hybridized carbons (Fsp3) is 0.429. The lowest BCUT2D eigenvalue weighted by molar-refractivity contribution is -0.130. The molecule has 0 aliphatic heterocycles. The van der Waals surface area contributed by atoms with E-state index in [1.54, 1.807) is 4.90 Å². The van der Waals surface area contributed by atoms with Crippen molar-refractivity contribution in [3.05, 3.63) is 46.8 Å². The summed E-state index contributed by atoms with van der Waals surface area (Å²) in [6.07, 6.45) is 0.978. The molecule has 2 rings (SSSR count). The predicted octanol–water partition coefficient (Wildman–Crippen LogP) is 2.33. The highest BCUT2D eigenvalue weighted by Crippen LogP contribution is 2.19. The summed E-state index contributed by atoms with van der Waals surface area (Å²) in [6, 6.07) is 8.19. The molecule has 0 aliphatic carbocycles. The van der Waals surface area contributed by atoms with Crippen LogP contribution in [0.25, 0.3) is 0 Å². The van der Waals surface area contributed by atoms with Crippen molar-refractivity contribution in [1.82, 2.24) is 14.9 Å². The first kappa shape index (κ1) is 22.7. The summed E-state index contributed by atoms with van der Waals surface area (Å²) in [5, 5.41) is 0.534. The Morgan fingerprint density at radius 2 is 1.62 bits per heavy atom. The summed E-state index contributed by atoms with van der Waals surface area (Å²) in [6.45, 7) is 4.38. The van der Waals surface area contributed by atoms with E-state index in [1.165, 1.54) is 11.8 Å². The molecule has 156 valence electrons. The van der Waals surface area contributed by atoms with Crippen LogP contribution in [0.4, 0.5) is 5.69 Å². The third-order valence-electron chi connectivity index (χ3n) is 4.63. The second-order valence-electron chi connectivity index (χ2n) is 7.22. The van der Waals surface area contributed by atoms with E-state index in [2.05, 4.69) is 22.1 Å². The highest BCUT2D eigenvalue weighted by atomic mass is 32.2. The number of aromatic nitrogens is 2. The van der Waals surface area contributed by atoms with Gasteiger partial charge in [0.2, 0.25) is 11.8 Å². The van der Waals surface area contributed by atoms with Crippen LogP contribution >= 0.6 is 11.8 Å². The number of carbonyl (C=O) groups is 2. The van der Waals surface area contributed by atoms with E-state index in [-0.39, 0.29) is 11.7 Å². The van der Waals surface area contributed by atoms with Crippen molar-refractivity contribution >= 4 is 29.3 Å². The summed E-state index contributed by atoms with van der Waals surface area (Å²) in [7, 11) is 5.82. The van der Waals surface area contributed by atoms with Crippen LogP contribution in [0.5, 0.6) is 0 Å². The first-order chi connectivity index (χ1) is 13.7. The maximum atomic E-state index is 12.6. The van der Waals surface area contributed by atoms with Crippen LogP contribution < -0.4 is 10.6 Å². The fourth-order valence-corrected chi connectivity index (χ4v) is 3.63. The SMILES string of the molecule is Cc1nc(SCC(N)=O)nc(C)c1CCC(=O)N(C)Cc1ccc(N(C)C)cc1. The number of nitrogens with zero attached hydrogens (tertiary/aromatic N) is 4. The number of anilines is 1. The molecule has 0 radical (unpaired) electrons. The molecule has 29 heavy (non-hydrogen) atoms. The van der Waals surface area contributed by atoms with E-state index in [1.807, 2.05) is 52.0 Å². The number of amides is 2. The van der Waals surface area contributed by atoms with Gasteiger partial charge in [-0.05, 0) is 43.5 Å². The Bertz CT molecular complexity index is 845. The molecule has 2 aromatic rings.